The Morgan fingerprint density at radius 3 is 2.43 bits per heavy atom. The average Bonchev–Trinajstić information content (AvgIpc) is 2.97. The molecule has 1 aromatic heterocycles. The maximum Gasteiger partial charge on any atom is 0.273 e. The van der Waals surface area contributed by atoms with Gasteiger partial charge in [-0.05, 0) is 12.1 Å². The van der Waals surface area contributed by atoms with Crippen LogP contribution in [0, 0.1) is 0 Å². The molecule has 0 aliphatic carbocycles. The predicted molar refractivity (Wildman–Crippen MR) is 88.9 cm³/mol. The lowest BCUT2D eigenvalue weighted by atomic mass is 10.2. The number of amides is 1. The van der Waals surface area contributed by atoms with E-state index in [0.29, 0.717) is 23.8 Å². The van der Waals surface area contributed by atoms with Gasteiger partial charge >= 0.3 is 0 Å². The van der Waals surface area contributed by atoms with Gasteiger partial charge in [0.2, 0.25) is 0 Å². The van der Waals surface area contributed by atoms with Gasteiger partial charge in [-0.2, -0.15) is 0 Å². The van der Waals surface area contributed by atoms with Crippen LogP contribution in [0.2, 0.25) is 5.02 Å². The minimum atomic E-state index is -0.119. The summed E-state index contributed by atoms with van der Waals surface area (Å²) in [4.78, 5) is 18.4. The number of thiazole rings is 1. The highest BCUT2D eigenvalue weighted by Gasteiger charge is 2.17. The van der Waals surface area contributed by atoms with E-state index in [1.807, 2.05) is 24.3 Å². The van der Waals surface area contributed by atoms with Crippen LogP contribution in [0.3, 0.4) is 0 Å². The Kier molecular flexibility index (Phi) is 5.31. The number of benzene rings is 1. The number of halogens is 1. The molecular formula is C16H15ClN2OS. The summed E-state index contributed by atoms with van der Waals surface area (Å²) in [6.07, 6.45) is 3.38. The van der Waals surface area contributed by atoms with Crippen LogP contribution in [0.5, 0.6) is 0 Å². The van der Waals surface area contributed by atoms with Crippen LogP contribution < -0.4 is 0 Å². The molecule has 1 aromatic carbocycles. The third-order valence-corrected chi connectivity index (χ3v) is 3.94. The molecule has 0 bridgehead atoms. The summed E-state index contributed by atoms with van der Waals surface area (Å²) in [6, 6.07) is 7.39. The first-order valence-electron chi connectivity index (χ1n) is 6.38. The molecule has 2 aromatic rings. The van der Waals surface area contributed by atoms with E-state index in [-0.39, 0.29) is 5.91 Å². The highest BCUT2D eigenvalue weighted by Crippen LogP contribution is 2.25. The van der Waals surface area contributed by atoms with E-state index in [0.717, 1.165) is 10.6 Å². The molecule has 0 fully saturated rings. The first kappa shape index (κ1) is 15.5. The minimum Gasteiger partial charge on any atom is -0.330 e. The Labute approximate surface area is 133 Å². The Morgan fingerprint density at radius 1 is 1.24 bits per heavy atom. The van der Waals surface area contributed by atoms with Crippen LogP contribution in [0.15, 0.2) is 55.0 Å². The van der Waals surface area contributed by atoms with Gasteiger partial charge in [0.25, 0.3) is 5.91 Å². The Bertz CT molecular complexity index is 639. The summed E-state index contributed by atoms with van der Waals surface area (Å²) in [5.41, 5.74) is 1.39. The summed E-state index contributed by atoms with van der Waals surface area (Å²) in [7, 11) is 0. The van der Waals surface area contributed by atoms with Crippen LogP contribution in [0.4, 0.5) is 0 Å². The fourth-order valence-corrected chi connectivity index (χ4v) is 2.74. The van der Waals surface area contributed by atoms with Gasteiger partial charge in [-0.15, -0.1) is 24.5 Å². The van der Waals surface area contributed by atoms with E-state index in [2.05, 4.69) is 18.1 Å². The number of nitrogens with zero attached hydrogens (tertiary/aromatic N) is 2. The van der Waals surface area contributed by atoms with Crippen molar-refractivity contribution < 1.29 is 4.79 Å². The topological polar surface area (TPSA) is 33.2 Å². The number of hydrogen-bond acceptors (Lipinski definition) is 3. The number of aromatic nitrogens is 1. The van der Waals surface area contributed by atoms with E-state index in [1.54, 1.807) is 22.4 Å². The molecular weight excluding hydrogens is 304 g/mol. The van der Waals surface area contributed by atoms with E-state index < -0.39 is 0 Å². The van der Waals surface area contributed by atoms with Crippen LogP contribution >= 0.6 is 22.9 Å². The molecule has 2 rings (SSSR count). The molecule has 21 heavy (non-hydrogen) atoms. The molecule has 0 radical (unpaired) electrons. The molecule has 0 aliphatic rings. The van der Waals surface area contributed by atoms with Gasteiger partial charge in [0, 0.05) is 29.1 Å². The van der Waals surface area contributed by atoms with Crippen LogP contribution in [-0.4, -0.2) is 28.9 Å². The van der Waals surface area contributed by atoms with Crippen molar-refractivity contribution in [3.8, 4) is 10.6 Å². The smallest absolute Gasteiger partial charge is 0.273 e. The summed E-state index contributed by atoms with van der Waals surface area (Å²) in [5.74, 6) is -0.119. The summed E-state index contributed by atoms with van der Waals surface area (Å²) in [5, 5.41) is 3.24. The van der Waals surface area contributed by atoms with Crippen LogP contribution in [-0.2, 0) is 0 Å². The van der Waals surface area contributed by atoms with Gasteiger partial charge < -0.3 is 4.90 Å². The second-order valence-electron chi connectivity index (χ2n) is 4.33. The molecule has 108 valence electrons. The fraction of sp³-hybridized carbons (Fsp3) is 0.125. The molecule has 3 nitrogen and oxygen atoms in total. The highest BCUT2D eigenvalue weighted by atomic mass is 35.5. The number of rotatable bonds is 6. The molecule has 0 N–H and O–H groups in total. The quantitative estimate of drug-likeness (QED) is 0.745. The molecule has 0 unspecified atom stereocenters. The zero-order valence-corrected chi connectivity index (χ0v) is 13.0. The van der Waals surface area contributed by atoms with Gasteiger partial charge in [-0.3, -0.25) is 4.79 Å². The van der Waals surface area contributed by atoms with Gasteiger partial charge in [-0.1, -0.05) is 35.9 Å². The molecule has 5 heteroatoms. The lowest BCUT2D eigenvalue weighted by Gasteiger charge is -2.17. The average molecular weight is 319 g/mol. The van der Waals surface area contributed by atoms with Gasteiger partial charge in [0.1, 0.15) is 10.7 Å². The Hall–Kier alpha value is -1.91. The Morgan fingerprint density at radius 2 is 1.86 bits per heavy atom. The monoisotopic (exact) mass is 318 g/mol. The lowest BCUT2D eigenvalue weighted by Crippen LogP contribution is -2.31. The minimum absolute atomic E-state index is 0.119. The Balaban J connectivity index is 2.22. The summed E-state index contributed by atoms with van der Waals surface area (Å²) in [6.45, 7) is 8.26. The number of carbonyl (C=O) groups is 1. The summed E-state index contributed by atoms with van der Waals surface area (Å²) >= 11 is 7.31. The molecule has 1 amide bonds. The third kappa shape index (κ3) is 3.80. The SMILES string of the molecule is C=CCN(CC=C)C(=O)c1csc(-c2ccc(Cl)cc2)n1. The molecule has 0 saturated heterocycles. The van der Waals surface area contributed by atoms with E-state index >= 15 is 0 Å². The van der Waals surface area contributed by atoms with Crippen molar-refractivity contribution in [3.63, 3.8) is 0 Å². The first-order chi connectivity index (χ1) is 10.2. The largest absolute Gasteiger partial charge is 0.330 e. The third-order valence-electron chi connectivity index (χ3n) is 2.80. The van der Waals surface area contributed by atoms with Crippen molar-refractivity contribution in [3.05, 3.63) is 65.7 Å². The van der Waals surface area contributed by atoms with Crippen molar-refractivity contribution in [2.45, 2.75) is 0 Å². The predicted octanol–water partition coefficient (Wildman–Crippen LogP) is 4.28. The maximum atomic E-state index is 12.4. The van der Waals surface area contributed by atoms with E-state index in [4.69, 9.17) is 11.6 Å². The molecule has 0 spiro atoms. The van der Waals surface area contributed by atoms with Crippen LogP contribution in [0.25, 0.3) is 10.6 Å². The maximum absolute atomic E-state index is 12.4. The van der Waals surface area contributed by atoms with E-state index in [9.17, 15) is 4.79 Å². The fourth-order valence-electron chi connectivity index (χ4n) is 1.81. The first-order valence-corrected chi connectivity index (χ1v) is 7.64. The molecule has 0 saturated carbocycles. The zero-order valence-electron chi connectivity index (χ0n) is 11.5. The standard InChI is InChI=1S/C16H15ClN2OS/c1-3-9-19(10-4-2)16(20)14-11-21-15(18-14)12-5-7-13(17)8-6-12/h3-8,11H,1-2,9-10H2. The number of carbonyl (C=O) groups excluding carboxylic acids is 1. The van der Waals surface area contributed by atoms with Crippen molar-refractivity contribution >= 4 is 28.8 Å². The molecule has 0 atom stereocenters. The van der Waals surface area contributed by atoms with Gasteiger partial charge in [0.15, 0.2) is 0 Å². The zero-order chi connectivity index (χ0) is 15.2. The summed E-state index contributed by atoms with van der Waals surface area (Å²) < 4.78 is 0. The van der Waals surface area contributed by atoms with Crippen molar-refractivity contribution in [1.82, 2.24) is 9.88 Å². The normalized spacial score (nSPS) is 10.1. The molecule has 1 heterocycles. The van der Waals surface area contributed by atoms with Crippen molar-refractivity contribution in [2.75, 3.05) is 13.1 Å². The second kappa shape index (κ2) is 7.20. The van der Waals surface area contributed by atoms with Crippen LogP contribution in [0.1, 0.15) is 10.5 Å². The number of hydrogen-bond donors (Lipinski definition) is 0. The van der Waals surface area contributed by atoms with Crippen molar-refractivity contribution in [2.24, 2.45) is 0 Å². The second-order valence-corrected chi connectivity index (χ2v) is 5.63. The van der Waals surface area contributed by atoms with E-state index in [1.165, 1.54) is 11.3 Å². The van der Waals surface area contributed by atoms with Crippen molar-refractivity contribution in [1.29, 1.82) is 0 Å². The van der Waals surface area contributed by atoms with Gasteiger partial charge in [-0.25, -0.2) is 4.98 Å². The highest BCUT2D eigenvalue weighted by molar-refractivity contribution is 7.13. The molecule has 0 aliphatic heterocycles. The lowest BCUT2D eigenvalue weighted by molar-refractivity contribution is 0.0786. The van der Waals surface area contributed by atoms with Gasteiger partial charge in [0.05, 0.1) is 0 Å².